The Morgan fingerprint density at radius 2 is 1.40 bits per heavy atom. The van der Waals surface area contributed by atoms with E-state index >= 15 is 0 Å². The van der Waals surface area contributed by atoms with Crippen LogP contribution in [0.1, 0.15) is 48.0 Å². The molecule has 2 aliphatic carbocycles. The van der Waals surface area contributed by atoms with Crippen molar-refractivity contribution >= 4 is 21.1 Å². The number of hydrogen-bond donors (Lipinski definition) is 0. The van der Waals surface area contributed by atoms with Gasteiger partial charge in [-0.1, -0.05) is 0 Å². The predicted octanol–water partition coefficient (Wildman–Crippen LogP) is 1.42. The topological polar surface area (TPSA) is 0 Å². The molecule has 0 nitrogen and oxygen atoms in total. The van der Waals surface area contributed by atoms with E-state index in [1.807, 2.05) is 3.28 Å². The third kappa shape index (κ3) is 4.43. The van der Waals surface area contributed by atoms with Gasteiger partial charge in [0, 0.05) is 0 Å². The fourth-order valence-corrected chi connectivity index (χ4v) is 38.0. The van der Waals surface area contributed by atoms with Gasteiger partial charge in [-0.25, -0.2) is 0 Å². The average molecular weight is 577 g/mol. The number of halogens is 2. The minimum absolute atomic E-state index is 0. The van der Waals surface area contributed by atoms with E-state index in [0.29, 0.717) is 5.92 Å². The van der Waals surface area contributed by atoms with Gasteiger partial charge in [-0.15, -0.1) is 0 Å². The van der Waals surface area contributed by atoms with Crippen LogP contribution in [0.5, 0.6) is 0 Å². The zero-order valence-corrected chi connectivity index (χ0v) is 24.8. The molecule has 0 aliphatic heterocycles. The first-order valence-corrected chi connectivity index (χ1v) is 24.6. The SMILES string of the molecule is CC1=[C]([Zr+2]([CH]2C(C)=C(C)c3ccccc32)=[Ge]([CH3])[CH3])C(C)C=C1c1ccccc1.[Cl-].[Cl-]. The quantitative estimate of drug-likeness (QED) is 0.485. The van der Waals surface area contributed by atoms with Crippen molar-refractivity contribution in [2.24, 2.45) is 5.92 Å². The normalized spacial score (nSPS) is 19.4. The maximum atomic E-state index is 2.66. The van der Waals surface area contributed by atoms with E-state index in [1.165, 1.54) is 16.7 Å². The molecule has 4 heteroatoms. The Morgan fingerprint density at radius 1 is 0.800 bits per heavy atom. The molecule has 0 N–H and O–H groups in total. The summed E-state index contributed by atoms with van der Waals surface area (Å²) in [5.74, 6) is 5.94. The van der Waals surface area contributed by atoms with Crippen molar-refractivity contribution in [2.75, 3.05) is 0 Å². The van der Waals surface area contributed by atoms with E-state index in [4.69, 9.17) is 0 Å². The summed E-state index contributed by atoms with van der Waals surface area (Å²) in [4.78, 5) is 0. The van der Waals surface area contributed by atoms with Crippen LogP contribution in [-0.2, 0) is 18.6 Å². The summed E-state index contributed by atoms with van der Waals surface area (Å²) in [6.45, 7) is 9.67. The number of fused-ring (bicyclic) bond motifs is 1. The molecule has 0 radical (unpaired) electrons. The molecule has 4 rings (SSSR count). The number of rotatable bonds is 3. The van der Waals surface area contributed by atoms with Gasteiger partial charge in [0.2, 0.25) is 0 Å². The second-order valence-electron chi connectivity index (χ2n) is 8.52. The Labute approximate surface area is 203 Å². The van der Waals surface area contributed by atoms with Crippen molar-refractivity contribution in [2.45, 2.75) is 42.8 Å². The molecule has 0 aromatic heterocycles. The summed E-state index contributed by atoms with van der Waals surface area (Å²) in [6, 6.07) is 20.3. The first-order chi connectivity index (χ1) is 13.4. The largest absolute Gasteiger partial charge is 1.00 e. The number of allylic oxidation sites excluding steroid dienone is 6. The van der Waals surface area contributed by atoms with Crippen LogP contribution in [0.3, 0.4) is 0 Å². The fourth-order valence-electron chi connectivity index (χ4n) is 5.16. The number of hydrogen-bond acceptors (Lipinski definition) is 0. The van der Waals surface area contributed by atoms with E-state index < -0.39 is 28.6 Å². The monoisotopic (exact) mass is 576 g/mol. The zero-order chi connectivity index (χ0) is 20.0. The molecular weight excluding hydrogens is 547 g/mol. The van der Waals surface area contributed by atoms with E-state index in [-0.39, 0.29) is 24.8 Å². The van der Waals surface area contributed by atoms with Crippen LogP contribution < -0.4 is 24.8 Å². The van der Waals surface area contributed by atoms with Gasteiger partial charge >= 0.3 is 180 Å². The molecule has 2 aromatic carbocycles. The van der Waals surface area contributed by atoms with Gasteiger partial charge in [-0.05, 0) is 0 Å². The second-order valence-corrected chi connectivity index (χ2v) is 36.9. The summed E-state index contributed by atoms with van der Waals surface area (Å²) in [7, 11) is -1.05. The second kappa shape index (κ2) is 10.5. The van der Waals surface area contributed by atoms with Gasteiger partial charge in [-0.2, -0.15) is 0 Å². The minimum Gasteiger partial charge on any atom is -1.00 e. The van der Waals surface area contributed by atoms with E-state index in [2.05, 4.69) is 99.9 Å². The molecule has 0 heterocycles. The molecule has 2 aromatic rings. The van der Waals surface area contributed by atoms with Crippen LogP contribution in [-0.4, -0.2) is 9.98 Å². The van der Waals surface area contributed by atoms with Gasteiger partial charge < -0.3 is 24.8 Å². The molecule has 30 heavy (non-hydrogen) atoms. The smallest absolute Gasteiger partial charge is 1.00 e. The van der Waals surface area contributed by atoms with Crippen LogP contribution >= 0.6 is 0 Å². The molecule has 0 amide bonds. The van der Waals surface area contributed by atoms with Gasteiger partial charge in [-0.3, -0.25) is 0 Å². The average Bonchev–Trinajstić information content (AvgIpc) is 3.12. The van der Waals surface area contributed by atoms with E-state index in [0.717, 1.165) is 3.63 Å². The van der Waals surface area contributed by atoms with Gasteiger partial charge in [0.1, 0.15) is 0 Å². The van der Waals surface area contributed by atoms with Gasteiger partial charge in [0.05, 0.1) is 0 Å². The Bertz CT molecular complexity index is 1070. The summed E-state index contributed by atoms with van der Waals surface area (Å²) in [5.41, 5.74) is 10.9. The summed E-state index contributed by atoms with van der Waals surface area (Å²) >= 11 is -1.83. The van der Waals surface area contributed by atoms with Crippen LogP contribution in [0.2, 0.25) is 11.5 Å². The zero-order valence-electron chi connectivity index (χ0n) is 18.7. The maximum absolute atomic E-state index is 2.66. The maximum Gasteiger partial charge on any atom is -1.00 e. The Kier molecular flexibility index (Phi) is 9.09. The van der Waals surface area contributed by atoms with E-state index in [9.17, 15) is 0 Å². The molecule has 2 aliphatic rings. The van der Waals surface area contributed by atoms with Crippen LogP contribution in [0, 0.1) is 5.92 Å². The van der Waals surface area contributed by atoms with Crippen molar-refractivity contribution in [1.29, 1.82) is 0 Å². The summed E-state index contributed by atoms with van der Waals surface area (Å²) in [5, 5.41) is 0. The van der Waals surface area contributed by atoms with Crippen molar-refractivity contribution in [1.82, 2.24) is 0 Å². The Morgan fingerprint density at radius 3 is 2.03 bits per heavy atom. The van der Waals surface area contributed by atoms with Crippen molar-refractivity contribution in [3.63, 3.8) is 0 Å². The molecule has 0 saturated heterocycles. The van der Waals surface area contributed by atoms with Crippen molar-refractivity contribution in [3.8, 4) is 0 Å². The van der Waals surface area contributed by atoms with Crippen LogP contribution in [0.4, 0.5) is 0 Å². The molecule has 0 fully saturated rings. The van der Waals surface area contributed by atoms with Crippen molar-refractivity contribution in [3.05, 3.63) is 91.8 Å². The first-order valence-electron chi connectivity index (χ1n) is 10.3. The van der Waals surface area contributed by atoms with E-state index in [1.54, 1.807) is 22.3 Å². The molecule has 2 unspecified atom stereocenters. The third-order valence-corrected chi connectivity index (χ3v) is 36.2. The Balaban J connectivity index is 0.00000160. The Hall–Kier alpha value is -0.334. The molecule has 156 valence electrons. The molecule has 0 bridgehead atoms. The van der Waals surface area contributed by atoms with Gasteiger partial charge in [0.15, 0.2) is 0 Å². The molecular formula is C26H30Cl2GeZr. The number of benzene rings is 2. The minimum atomic E-state index is -1.83. The fraction of sp³-hybridized carbons (Fsp3) is 0.308. The van der Waals surface area contributed by atoms with Crippen LogP contribution in [0.25, 0.3) is 11.1 Å². The molecule has 0 spiro atoms. The molecule has 0 saturated carbocycles. The van der Waals surface area contributed by atoms with Crippen LogP contribution in [0.15, 0.2) is 75.1 Å². The summed E-state index contributed by atoms with van der Waals surface area (Å²) in [6.07, 6.45) is 2.56. The first kappa shape index (κ1) is 25.9. The summed E-state index contributed by atoms with van der Waals surface area (Å²) < 4.78 is 2.68. The predicted molar refractivity (Wildman–Crippen MR) is 121 cm³/mol. The third-order valence-electron chi connectivity index (χ3n) is 6.58. The molecule has 2 atom stereocenters. The standard InChI is InChI=1S/C13H13.C11H11.C2H6Ge.2ClH.Zr/c1-10-8-11(2)13(9-10)12-6-4-3-5-7-12;1-8-7-10-5-3-4-6-11(10)9(8)2;1-3-2;;;/h3-7,9-10H,1-2H3;3-7H,1-2H3;1-2H3;2*1H;/q;;;;;+2/p-2. The van der Waals surface area contributed by atoms with Crippen molar-refractivity contribution < 1.29 is 43.4 Å². The van der Waals surface area contributed by atoms with Gasteiger partial charge in [0.25, 0.3) is 0 Å².